The zero-order chi connectivity index (χ0) is 21.3. The van der Waals surface area contributed by atoms with Crippen molar-refractivity contribution < 1.29 is 9.47 Å². The molecule has 1 heterocycles. The van der Waals surface area contributed by atoms with Gasteiger partial charge in [-0.15, -0.1) is 0 Å². The number of aromatic amines is 1. The van der Waals surface area contributed by atoms with Crippen molar-refractivity contribution in [3.05, 3.63) is 70.0 Å². The molecule has 0 saturated carbocycles. The molecule has 0 spiro atoms. The third-order valence-corrected chi connectivity index (χ3v) is 4.13. The molecule has 2 N–H and O–H groups in total. The number of nitrogens with one attached hydrogen (secondary N) is 2. The van der Waals surface area contributed by atoms with Crippen LogP contribution in [-0.4, -0.2) is 29.9 Å². The Hall–Kier alpha value is -4.12. The van der Waals surface area contributed by atoms with Gasteiger partial charge in [0.1, 0.15) is 11.6 Å². The second-order valence-electron chi connectivity index (χ2n) is 6.21. The topological polar surface area (TPSA) is 112 Å². The first-order chi connectivity index (χ1) is 14.7. The van der Waals surface area contributed by atoms with Gasteiger partial charge in [-0.3, -0.25) is 9.78 Å². The Labute approximate surface area is 173 Å². The lowest BCUT2D eigenvalue weighted by Crippen LogP contribution is -2.16. The second kappa shape index (κ2) is 9.89. The van der Waals surface area contributed by atoms with Crippen LogP contribution in [0.1, 0.15) is 24.5 Å². The lowest BCUT2D eigenvalue weighted by molar-refractivity contribution is 0.294. The summed E-state index contributed by atoms with van der Waals surface area (Å²) in [5, 5.41) is 13.5. The molecule has 8 heteroatoms. The van der Waals surface area contributed by atoms with E-state index in [1.165, 1.54) is 0 Å². The molecular weight excluding hydrogens is 382 g/mol. The molecule has 0 unspecified atom stereocenters. The molecule has 0 atom stereocenters. The van der Waals surface area contributed by atoms with Crippen molar-refractivity contribution in [2.24, 2.45) is 5.10 Å². The Morgan fingerprint density at radius 1 is 1.23 bits per heavy atom. The Morgan fingerprint density at radius 3 is 2.73 bits per heavy atom. The molecule has 3 rings (SSSR count). The molecule has 0 amide bonds. The highest BCUT2D eigenvalue weighted by Gasteiger charge is 2.13. The van der Waals surface area contributed by atoms with Crippen LogP contribution in [0, 0.1) is 11.3 Å². The first-order valence-corrected chi connectivity index (χ1v) is 9.36. The fourth-order valence-corrected chi connectivity index (χ4v) is 2.75. The van der Waals surface area contributed by atoms with Gasteiger partial charge in [0.2, 0.25) is 5.95 Å². The van der Waals surface area contributed by atoms with Crippen LogP contribution in [0.4, 0.5) is 5.95 Å². The average Bonchev–Trinajstić information content (AvgIpc) is 2.78. The maximum absolute atomic E-state index is 12.3. The van der Waals surface area contributed by atoms with Gasteiger partial charge in [0.05, 0.1) is 25.6 Å². The summed E-state index contributed by atoms with van der Waals surface area (Å²) in [4.78, 5) is 19.2. The van der Waals surface area contributed by atoms with Gasteiger partial charge in [-0.1, -0.05) is 43.3 Å². The smallest absolute Gasteiger partial charge is 0.270 e. The van der Waals surface area contributed by atoms with E-state index in [0.717, 1.165) is 6.42 Å². The van der Waals surface area contributed by atoms with Crippen LogP contribution in [0.25, 0.3) is 11.3 Å². The van der Waals surface area contributed by atoms with E-state index in [2.05, 4.69) is 20.5 Å². The molecule has 1 aromatic heterocycles. The highest BCUT2D eigenvalue weighted by Crippen LogP contribution is 2.30. The fourth-order valence-electron chi connectivity index (χ4n) is 2.75. The van der Waals surface area contributed by atoms with E-state index >= 15 is 0 Å². The van der Waals surface area contributed by atoms with Gasteiger partial charge in [-0.2, -0.15) is 10.4 Å². The van der Waals surface area contributed by atoms with Crippen molar-refractivity contribution in [3.8, 4) is 28.8 Å². The number of benzene rings is 2. The molecule has 8 nitrogen and oxygen atoms in total. The Morgan fingerprint density at radius 2 is 2.03 bits per heavy atom. The molecule has 0 fully saturated rings. The maximum atomic E-state index is 12.3. The molecule has 0 aliphatic heterocycles. The Kier molecular flexibility index (Phi) is 6.79. The van der Waals surface area contributed by atoms with Crippen LogP contribution in [0.15, 0.2) is 58.4 Å². The van der Waals surface area contributed by atoms with Gasteiger partial charge < -0.3 is 9.47 Å². The van der Waals surface area contributed by atoms with E-state index in [1.54, 1.807) is 25.5 Å². The van der Waals surface area contributed by atoms with Gasteiger partial charge in [0.25, 0.3) is 5.56 Å². The molecule has 0 bridgehead atoms. The zero-order valence-electron chi connectivity index (χ0n) is 16.7. The van der Waals surface area contributed by atoms with E-state index in [1.807, 2.05) is 49.4 Å². The molecule has 0 saturated heterocycles. The summed E-state index contributed by atoms with van der Waals surface area (Å²) in [7, 11) is 1.57. The van der Waals surface area contributed by atoms with Crippen molar-refractivity contribution in [2.75, 3.05) is 19.1 Å². The number of methoxy groups -OCH3 is 1. The predicted octanol–water partition coefficient (Wildman–Crippen LogP) is 3.55. The van der Waals surface area contributed by atoms with E-state index in [0.29, 0.717) is 29.2 Å². The molecular formula is C22H21N5O3. The minimum atomic E-state index is -0.544. The summed E-state index contributed by atoms with van der Waals surface area (Å²) in [5.41, 5.74) is 3.76. The van der Waals surface area contributed by atoms with Gasteiger partial charge in [-0.05, 0) is 18.6 Å². The van der Waals surface area contributed by atoms with E-state index in [-0.39, 0.29) is 17.2 Å². The van der Waals surface area contributed by atoms with Crippen molar-refractivity contribution >= 4 is 12.2 Å². The SMILES string of the molecule is CCCOc1c(C=NNc2nc(-c3ccccc3)c(C#N)c(=O)[nH]2)cccc1OC. The number of para-hydroxylation sites is 1. The number of nitrogens with zero attached hydrogens (tertiary/aromatic N) is 3. The van der Waals surface area contributed by atoms with Gasteiger partial charge in [0.15, 0.2) is 11.5 Å². The van der Waals surface area contributed by atoms with Crippen molar-refractivity contribution in [1.29, 1.82) is 5.26 Å². The van der Waals surface area contributed by atoms with Crippen LogP contribution in [0.5, 0.6) is 11.5 Å². The van der Waals surface area contributed by atoms with E-state index in [9.17, 15) is 10.1 Å². The number of nitriles is 1. The number of ether oxygens (including phenoxy) is 2. The normalized spacial score (nSPS) is 10.6. The molecule has 152 valence electrons. The van der Waals surface area contributed by atoms with Crippen molar-refractivity contribution in [2.45, 2.75) is 13.3 Å². The number of hydrogen-bond acceptors (Lipinski definition) is 7. The summed E-state index contributed by atoms with van der Waals surface area (Å²) in [6.07, 6.45) is 2.40. The zero-order valence-corrected chi connectivity index (χ0v) is 16.7. The highest BCUT2D eigenvalue weighted by atomic mass is 16.5. The summed E-state index contributed by atoms with van der Waals surface area (Å²) in [5.74, 6) is 1.30. The predicted molar refractivity (Wildman–Crippen MR) is 115 cm³/mol. The average molecular weight is 403 g/mol. The van der Waals surface area contributed by atoms with Crippen LogP contribution in [-0.2, 0) is 0 Å². The lowest BCUT2D eigenvalue weighted by Gasteiger charge is -2.12. The fraction of sp³-hybridized carbons (Fsp3) is 0.182. The molecule has 30 heavy (non-hydrogen) atoms. The summed E-state index contributed by atoms with van der Waals surface area (Å²) < 4.78 is 11.1. The standard InChI is InChI=1S/C22H21N5O3/c1-3-12-30-20-16(10-7-11-18(20)29-2)14-24-27-22-25-19(15-8-5-4-6-9-15)17(13-23)21(28)26-22/h4-11,14H,3,12H2,1-2H3,(H2,25,26,27,28). The molecule has 3 aromatic rings. The van der Waals surface area contributed by atoms with Gasteiger partial charge in [-0.25, -0.2) is 10.4 Å². The minimum Gasteiger partial charge on any atom is -0.493 e. The maximum Gasteiger partial charge on any atom is 0.270 e. The monoisotopic (exact) mass is 403 g/mol. The highest BCUT2D eigenvalue weighted by molar-refractivity contribution is 5.85. The number of rotatable bonds is 8. The number of hydrogen-bond donors (Lipinski definition) is 2. The van der Waals surface area contributed by atoms with E-state index < -0.39 is 5.56 Å². The third-order valence-electron chi connectivity index (χ3n) is 4.13. The minimum absolute atomic E-state index is 0.0567. The largest absolute Gasteiger partial charge is 0.493 e. The number of H-pyrrole nitrogens is 1. The quantitative estimate of drug-likeness (QED) is 0.439. The van der Waals surface area contributed by atoms with Gasteiger partial charge >= 0.3 is 0 Å². The van der Waals surface area contributed by atoms with E-state index in [4.69, 9.17) is 9.47 Å². The van der Waals surface area contributed by atoms with Crippen LogP contribution in [0.2, 0.25) is 0 Å². The molecule has 0 aliphatic carbocycles. The molecule has 0 radical (unpaired) electrons. The summed E-state index contributed by atoms with van der Waals surface area (Å²) >= 11 is 0. The first kappa shape index (κ1) is 20.6. The van der Waals surface area contributed by atoms with Crippen molar-refractivity contribution in [1.82, 2.24) is 9.97 Å². The van der Waals surface area contributed by atoms with Crippen LogP contribution < -0.4 is 20.5 Å². The summed E-state index contributed by atoms with van der Waals surface area (Å²) in [6, 6.07) is 16.4. The number of hydrazone groups is 1. The Balaban J connectivity index is 1.90. The molecule has 2 aromatic carbocycles. The lowest BCUT2D eigenvalue weighted by atomic mass is 10.1. The number of anilines is 1. The van der Waals surface area contributed by atoms with Crippen LogP contribution in [0.3, 0.4) is 0 Å². The summed E-state index contributed by atoms with van der Waals surface area (Å²) in [6.45, 7) is 2.56. The number of aromatic nitrogens is 2. The second-order valence-corrected chi connectivity index (χ2v) is 6.21. The van der Waals surface area contributed by atoms with Crippen LogP contribution >= 0.6 is 0 Å². The van der Waals surface area contributed by atoms with Crippen molar-refractivity contribution in [3.63, 3.8) is 0 Å². The molecule has 0 aliphatic rings. The Bertz CT molecular complexity index is 1130. The first-order valence-electron chi connectivity index (χ1n) is 9.36. The van der Waals surface area contributed by atoms with Gasteiger partial charge in [0, 0.05) is 11.1 Å². The third kappa shape index (κ3) is 4.64.